The molecule has 0 aromatic carbocycles. The normalized spacial score (nSPS) is 10.3. The van der Waals surface area contributed by atoms with Gasteiger partial charge in [-0.05, 0) is 12.5 Å². The lowest BCUT2D eigenvalue weighted by Crippen LogP contribution is -2.06. The van der Waals surface area contributed by atoms with Gasteiger partial charge >= 0.3 is 0 Å². The Morgan fingerprint density at radius 2 is 2.50 bits per heavy atom. The van der Waals surface area contributed by atoms with Crippen molar-refractivity contribution in [3.05, 3.63) is 24.8 Å². The van der Waals surface area contributed by atoms with Crippen LogP contribution in [0.3, 0.4) is 0 Å². The first-order valence-electron chi connectivity index (χ1n) is 4.43. The van der Waals surface area contributed by atoms with Gasteiger partial charge in [0.2, 0.25) is 5.13 Å². The van der Waals surface area contributed by atoms with Crippen LogP contribution in [0, 0.1) is 0 Å². The van der Waals surface area contributed by atoms with Crippen LogP contribution in [0.15, 0.2) is 24.8 Å². The third kappa shape index (κ3) is 2.53. The Balaban J connectivity index is 1.65. The lowest BCUT2D eigenvalue weighted by atomic mass is 10.4. The Kier molecular flexibility index (Phi) is 3.07. The largest absolute Gasteiger partial charge is 0.360 e. The van der Waals surface area contributed by atoms with E-state index in [0.29, 0.717) is 0 Å². The second kappa shape index (κ2) is 4.71. The molecule has 74 valence electrons. The highest BCUT2D eigenvalue weighted by molar-refractivity contribution is 7.09. The number of hydrogen-bond acceptors (Lipinski definition) is 5. The maximum absolute atomic E-state index is 4.11. The van der Waals surface area contributed by atoms with E-state index in [1.807, 2.05) is 16.9 Å². The Morgan fingerprint density at radius 1 is 1.50 bits per heavy atom. The Labute approximate surface area is 86.0 Å². The zero-order chi connectivity index (χ0) is 9.64. The van der Waals surface area contributed by atoms with E-state index in [1.165, 1.54) is 11.5 Å². The smallest absolute Gasteiger partial charge is 0.202 e. The van der Waals surface area contributed by atoms with Crippen LogP contribution in [0.1, 0.15) is 6.42 Å². The highest BCUT2D eigenvalue weighted by Crippen LogP contribution is 2.05. The van der Waals surface area contributed by atoms with Gasteiger partial charge in [0.25, 0.3) is 0 Å². The zero-order valence-corrected chi connectivity index (χ0v) is 8.44. The molecule has 0 atom stereocenters. The van der Waals surface area contributed by atoms with Gasteiger partial charge < -0.3 is 5.32 Å². The molecule has 1 N–H and O–H groups in total. The van der Waals surface area contributed by atoms with Gasteiger partial charge in [0, 0.05) is 37.0 Å². The molecular weight excluding hydrogens is 198 g/mol. The summed E-state index contributed by atoms with van der Waals surface area (Å²) in [5, 5.41) is 8.19. The van der Waals surface area contributed by atoms with Crippen molar-refractivity contribution in [3.63, 3.8) is 0 Å². The molecule has 0 unspecified atom stereocenters. The summed E-state index contributed by atoms with van der Waals surface area (Å²) in [5.41, 5.74) is 0. The molecule has 0 amide bonds. The van der Waals surface area contributed by atoms with Crippen LogP contribution in [-0.4, -0.2) is 25.7 Å². The minimum Gasteiger partial charge on any atom is -0.360 e. The molecule has 2 aromatic heterocycles. The molecule has 2 heterocycles. The quantitative estimate of drug-likeness (QED) is 0.753. The minimum absolute atomic E-state index is 0.880. The van der Waals surface area contributed by atoms with Gasteiger partial charge in [-0.1, -0.05) is 0 Å². The summed E-state index contributed by atoms with van der Waals surface area (Å²) >= 11 is 1.38. The highest BCUT2D eigenvalue weighted by atomic mass is 32.1. The van der Waals surface area contributed by atoms with E-state index in [1.54, 1.807) is 12.5 Å². The van der Waals surface area contributed by atoms with E-state index >= 15 is 0 Å². The number of nitrogens with one attached hydrogen (secondary N) is 1. The van der Waals surface area contributed by atoms with Gasteiger partial charge in [0.1, 0.15) is 6.33 Å². The highest BCUT2D eigenvalue weighted by Gasteiger charge is 1.94. The fourth-order valence-electron chi connectivity index (χ4n) is 1.12. The van der Waals surface area contributed by atoms with E-state index in [-0.39, 0.29) is 0 Å². The maximum Gasteiger partial charge on any atom is 0.202 e. The number of hydrogen-bond donors (Lipinski definition) is 1. The molecule has 0 aliphatic rings. The van der Waals surface area contributed by atoms with Crippen molar-refractivity contribution < 1.29 is 0 Å². The average Bonchev–Trinajstić information content (AvgIpc) is 2.86. The Morgan fingerprint density at radius 3 is 3.21 bits per heavy atom. The molecule has 0 fully saturated rings. The first kappa shape index (κ1) is 9.14. The van der Waals surface area contributed by atoms with Crippen molar-refractivity contribution in [2.24, 2.45) is 0 Å². The van der Waals surface area contributed by atoms with Gasteiger partial charge in [-0.15, -0.1) is 0 Å². The van der Waals surface area contributed by atoms with Gasteiger partial charge in [0.15, 0.2) is 0 Å². The molecule has 0 saturated carbocycles. The third-order valence-electron chi connectivity index (χ3n) is 1.76. The van der Waals surface area contributed by atoms with Crippen molar-refractivity contribution in [1.29, 1.82) is 0 Å². The van der Waals surface area contributed by atoms with Gasteiger partial charge in [-0.3, -0.25) is 4.68 Å². The zero-order valence-electron chi connectivity index (χ0n) is 7.63. The molecule has 0 bridgehead atoms. The van der Waals surface area contributed by atoms with Crippen LogP contribution in [-0.2, 0) is 6.54 Å². The van der Waals surface area contributed by atoms with E-state index in [4.69, 9.17) is 0 Å². The van der Waals surface area contributed by atoms with Gasteiger partial charge in [-0.25, -0.2) is 4.98 Å². The molecule has 6 heteroatoms. The van der Waals surface area contributed by atoms with Crippen molar-refractivity contribution >= 4 is 16.7 Å². The van der Waals surface area contributed by atoms with E-state index in [9.17, 15) is 0 Å². The van der Waals surface area contributed by atoms with Crippen molar-refractivity contribution in [2.75, 3.05) is 11.9 Å². The summed E-state index contributed by atoms with van der Waals surface area (Å²) in [6, 6.07) is 1.93. The van der Waals surface area contributed by atoms with Crippen molar-refractivity contribution in [3.8, 4) is 0 Å². The summed E-state index contributed by atoms with van der Waals surface area (Å²) in [4.78, 5) is 4.02. The lowest BCUT2D eigenvalue weighted by Gasteiger charge is -2.02. The molecule has 5 nitrogen and oxygen atoms in total. The summed E-state index contributed by atoms with van der Waals surface area (Å²) in [6.07, 6.45) is 6.34. The second-order valence-electron chi connectivity index (χ2n) is 2.80. The van der Waals surface area contributed by atoms with Crippen molar-refractivity contribution in [1.82, 2.24) is 19.1 Å². The van der Waals surface area contributed by atoms with Crippen LogP contribution >= 0.6 is 11.5 Å². The van der Waals surface area contributed by atoms with E-state index in [2.05, 4.69) is 19.8 Å². The van der Waals surface area contributed by atoms with Crippen LogP contribution in [0.25, 0.3) is 0 Å². The van der Waals surface area contributed by atoms with Gasteiger partial charge in [-0.2, -0.15) is 9.47 Å². The van der Waals surface area contributed by atoms with Gasteiger partial charge in [0.05, 0.1) is 0 Å². The van der Waals surface area contributed by atoms with Crippen LogP contribution < -0.4 is 5.32 Å². The van der Waals surface area contributed by atoms with E-state index < -0.39 is 0 Å². The summed E-state index contributed by atoms with van der Waals surface area (Å²) in [5.74, 6) is 0. The number of rotatable bonds is 5. The summed E-state index contributed by atoms with van der Waals surface area (Å²) in [6.45, 7) is 1.83. The first-order valence-corrected chi connectivity index (χ1v) is 5.20. The first-order chi connectivity index (χ1) is 6.95. The molecule has 14 heavy (non-hydrogen) atoms. The molecule has 0 aliphatic heterocycles. The average molecular weight is 209 g/mol. The Bertz CT molecular complexity index is 305. The fourth-order valence-corrected chi connectivity index (χ4v) is 1.58. The topological polar surface area (TPSA) is 55.6 Å². The molecule has 0 aliphatic carbocycles. The number of anilines is 1. The molecular formula is C8H11N5S. The monoisotopic (exact) mass is 209 g/mol. The molecule has 0 radical (unpaired) electrons. The molecule has 0 saturated heterocycles. The van der Waals surface area contributed by atoms with E-state index in [0.717, 1.165) is 24.6 Å². The van der Waals surface area contributed by atoms with Crippen LogP contribution in [0.2, 0.25) is 0 Å². The SMILES string of the molecule is c1cnn(CCCNc2ncns2)c1. The predicted molar refractivity (Wildman–Crippen MR) is 55.2 cm³/mol. The number of aryl methyl sites for hydroxylation is 1. The summed E-state index contributed by atoms with van der Waals surface area (Å²) in [7, 11) is 0. The molecule has 0 spiro atoms. The van der Waals surface area contributed by atoms with Crippen LogP contribution in [0.4, 0.5) is 5.13 Å². The maximum atomic E-state index is 4.11. The van der Waals surface area contributed by atoms with Crippen molar-refractivity contribution in [2.45, 2.75) is 13.0 Å². The molecule has 2 aromatic rings. The molecule has 2 rings (SSSR count). The third-order valence-corrected chi connectivity index (χ3v) is 2.38. The number of nitrogens with zero attached hydrogens (tertiary/aromatic N) is 4. The lowest BCUT2D eigenvalue weighted by molar-refractivity contribution is 0.592. The summed E-state index contributed by atoms with van der Waals surface area (Å²) < 4.78 is 5.82. The number of aromatic nitrogens is 4. The van der Waals surface area contributed by atoms with Crippen LogP contribution in [0.5, 0.6) is 0 Å². The standard InChI is InChI=1S/C8H11N5S/c1(5-13-6-2-4-11-13)3-9-8-10-7-12-14-8/h2,4,6-7H,1,3,5H2,(H,9,10,12). The fraction of sp³-hybridized carbons (Fsp3) is 0.375. The second-order valence-corrected chi connectivity index (χ2v) is 3.58. The minimum atomic E-state index is 0.880. The predicted octanol–water partition coefficient (Wildman–Crippen LogP) is 1.24. The Hall–Kier alpha value is -1.43.